The van der Waals surface area contributed by atoms with Gasteiger partial charge < -0.3 is 15.3 Å². The first-order chi connectivity index (χ1) is 11.2. The third kappa shape index (κ3) is 4.02. The van der Waals surface area contributed by atoms with Gasteiger partial charge >= 0.3 is 0 Å². The molecule has 126 valence electrons. The summed E-state index contributed by atoms with van der Waals surface area (Å²) >= 11 is 0. The van der Waals surface area contributed by atoms with Gasteiger partial charge in [-0.3, -0.25) is 4.79 Å². The average molecular weight is 317 g/mol. The fourth-order valence-electron chi connectivity index (χ4n) is 3.66. The summed E-state index contributed by atoms with van der Waals surface area (Å²) in [5, 5.41) is 13.6. The highest BCUT2D eigenvalue weighted by Gasteiger charge is 2.29. The van der Waals surface area contributed by atoms with Gasteiger partial charge in [-0.05, 0) is 37.8 Å². The van der Waals surface area contributed by atoms with E-state index in [1.165, 1.54) is 12.8 Å². The van der Waals surface area contributed by atoms with Crippen molar-refractivity contribution in [3.63, 3.8) is 0 Å². The van der Waals surface area contributed by atoms with Crippen LogP contribution in [0, 0.1) is 0 Å². The van der Waals surface area contributed by atoms with Crippen LogP contribution in [0.2, 0.25) is 0 Å². The fourth-order valence-corrected chi connectivity index (χ4v) is 3.66. The van der Waals surface area contributed by atoms with E-state index >= 15 is 0 Å². The summed E-state index contributed by atoms with van der Waals surface area (Å²) in [6.45, 7) is 2.25. The van der Waals surface area contributed by atoms with Gasteiger partial charge in [-0.25, -0.2) is 4.98 Å². The lowest BCUT2D eigenvalue weighted by Crippen LogP contribution is -2.43. The Morgan fingerprint density at radius 3 is 2.57 bits per heavy atom. The zero-order valence-corrected chi connectivity index (χ0v) is 13.8. The number of rotatable bonds is 4. The van der Waals surface area contributed by atoms with Gasteiger partial charge in [-0.15, -0.1) is 0 Å². The van der Waals surface area contributed by atoms with Crippen LogP contribution >= 0.6 is 0 Å². The molecule has 1 aliphatic heterocycles. The van der Waals surface area contributed by atoms with Gasteiger partial charge in [0, 0.05) is 25.8 Å². The first-order valence-electron chi connectivity index (χ1n) is 8.89. The van der Waals surface area contributed by atoms with Gasteiger partial charge in [0.25, 0.3) is 5.91 Å². The van der Waals surface area contributed by atoms with Crippen molar-refractivity contribution < 1.29 is 9.90 Å². The van der Waals surface area contributed by atoms with Crippen molar-refractivity contribution in [3.05, 3.63) is 23.9 Å². The Hall–Kier alpha value is -1.62. The predicted octanol–water partition coefficient (Wildman–Crippen LogP) is 2.50. The highest BCUT2D eigenvalue weighted by molar-refractivity contribution is 5.98. The molecule has 1 amide bonds. The quantitative estimate of drug-likeness (QED) is 0.838. The van der Waals surface area contributed by atoms with Crippen LogP contribution in [0.1, 0.15) is 61.7 Å². The van der Waals surface area contributed by atoms with Crippen molar-refractivity contribution in [2.45, 2.75) is 57.0 Å². The molecule has 1 aromatic rings. The molecule has 5 heteroatoms. The normalized spacial score (nSPS) is 21.0. The second-order valence-electron chi connectivity index (χ2n) is 6.89. The van der Waals surface area contributed by atoms with Gasteiger partial charge in [0.1, 0.15) is 5.82 Å². The number of hydrogen-bond donors (Lipinski definition) is 2. The lowest BCUT2D eigenvalue weighted by Gasteiger charge is -2.27. The van der Waals surface area contributed by atoms with Gasteiger partial charge in [-0.2, -0.15) is 0 Å². The number of nitrogens with zero attached hydrogens (tertiary/aromatic N) is 2. The molecule has 0 radical (unpaired) electrons. The minimum Gasteiger partial charge on any atom is -0.388 e. The number of pyridine rings is 1. The summed E-state index contributed by atoms with van der Waals surface area (Å²) in [6, 6.07) is 3.63. The number of carbonyl (C=O) groups is 1. The predicted molar refractivity (Wildman–Crippen MR) is 90.7 cm³/mol. The lowest BCUT2D eigenvalue weighted by molar-refractivity contribution is 0.0246. The topological polar surface area (TPSA) is 65.5 Å². The summed E-state index contributed by atoms with van der Waals surface area (Å²) in [6.07, 6.45) is 10.0. The van der Waals surface area contributed by atoms with Crippen LogP contribution in [0.15, 0.2) is 18.3 Å². The van der Waals surface area contributed by atoms with Crippen molar-refractivity contribution in [3.8, 4) is 0 Å². The summed E-state index contributed by atoms with van der Waals surface area (Å²) in [7, 11) is 0. The SMILES string of the molecule is O=C(NCC1(O)CCCCCC1)c1cccnc1N1CCCC1. The third-order valence-corrected chi connectivity index (χ3v) is 5.05. The molecule has 1 saturated heterocycles. The van der Waals surface area contributed by atoms with Crippen molar-refractivity contribution >= 4 is 11.7 Å². The Bertz CT molecular complexity index is 533. The molecule has 2 heterocycles. The van der Waals surface area contributed by atoms with E-state index in [1.54, 1.807) is 12.3 Å². The summed E-state index contributed by atoms with van der Waals surface area (Å²) < 4.78 is 0. The van der Waals surface area contributed by atoms with Crippen LogP contribution in [-0.4, -0.2) is 41.2 Å². The highest BCUT2D eigenvalue weighted by Crippen LogP contribution is 2.27. The van der Waals surface area contributed by atoms with Crippen molar-refractivity contribution in [1.29, 1.82) is 0 Å². The standard InChI is InChI=1S/C18H27N3O2/c22-17(20-14-18(23)9-3-1-2-4-10-18)15-8-7-11-19-16(15)21-12-5-6-13-21/h7-8,11,23H,1-6,9-10,12-14H2,(H,20,22). The molecule has 2 aliphatic rings. The maximum absolute atomic E-state index is 12.6. The minimum atomic E-state index is -0.748. The summed E-state index contributed by atoms with van der Waals surface area (Å²) in [4.78, 5) is 19.2. The molecular formula is C18H27N3O2. The maximum Gasteiger partial charge on any atom is 0.255 e. The van der Waals surface area contributed by atoms with Crippen molar-refractivity contribution in [1.82, 2.24) is 10.3 Å². The molecule has 2 fully saturated rings. The van der Waals surface area contributed by atoms with E-state index in [0.29, 0.717) is 12.1 Å². The van der Waals surface area contributed by atoms with E-state index in [0.717, 1.165) is 57.4 Å². The molecular weight excluding hydrogens is 290 g/mol. The Balaban J connectivity index is 1.66. The highest BCUT2D eigenvalue weighted by atomic mass is 16.3. The second-order valence-corrected chi connectivity index (χ2v) is 6.89. The van der Waals surface area contributed by atoms with E-state index in [-0.39, 0.29) is 5.91 Å². The molecule has 1 saturated carbocycles. The van der Waals surface area contributed by atoms with Crippen LogP contribution in [-0.2, 0) is 0 Å². The molecule has 0 unspecified atom stereocenters. The van der Waals surface area contributed by atoms with Gasteiger partial charge in [0.05, 0.1) is 11.2 Å². The Morgan fingerprint density at radius 1 is 1.17 bits per heavy atom. The Morgan fingerprint density at radius 2 is 1.87 bits per heavy atom. The molecule has 23 heavy (non-hydrogen) atoms. The lowest BCUT2D eigenvalue weighted by atomic mass is 9.94. The number of carbonyl (C=O) groups excluding carboxylic acids is 1. The fraction of sp³-hybridized carbons (Fsp3) is 0.667. The van der Waals surface area contributed by atoms with E-state index in [9.17, 15) is 9.90 Å². The van der Waals surface area contributed by atoms with Crippen molar-refractivity contribution in [2.75, 3.05) is 24.5 Å². The molecule has 1 aromatic heterocycles. The van der Waals surface area contributed by atoms with Crippen molar-refractivity contribution in [2.24, 2.45) is 0 Å². The summed E-state index contributed by atoms with van der Waals surface area (Å²) in [5.74, 6) is 0.646. The number of amides is 1. The monoisotopic (exact) mass is 317 g/mol. The molecule has 1 aliphatic carbocycles. The van der Waals surface area contributed by atoms with Gasteiger partial charge in [0.2, 0.25) is 0 Å². The number of aliphatic hydroxyl groups is 1. The second kappa shape index (κ2) is 7.30. The molecule has 2 N–H and O–H groups in total. The number of hydrogen-bond acceptors (Lipinski definition) is 4. The number of anilines is 1. The molecule has 0 atom stereocenters. The zero-order valence-electron chi connectivity index (χ0n) is 13.8. The Labute approximate surface area is 138 Å². The van der Waals surface area contributed by atoms with Gasteiger partial charge in [-0.1, -0.05) is 25.7 Å². The van der Waals surface area contributed by atoms with Crippen LogP contribution in [0.25, 0.3) is 0 Å². The van der Waals surface area contributed by atoms with Gasteiger partial charge in [0.15, 0.2) is 0 Å². The first-order valence-corrected chi connectivity index (χ1v) is 8.89. The third-order valence-electron chi connectivity index (χ3n) is 5.05. The first kappa shape index (κ1) is 16.2. The summed E-state index contributed by atoms with van der Waals surface area (Å²) in [5.41, 5.74) is -0.131. The number of nitrogens with one attached hydrogen (secondary N) is 1. The Kier molecular flexibility index (Phi) is 5.16. The average Bonchev–Trinajstić information content (AvgIpc) is 3.02. The molecule has 0 spiro atoms. The minimum absolute atomic E-state index is 0.127. The molecule has 3 rings (SSSR count). The maximum atomic E-state index is 12.6. The van der Waals surface area contributed by atoms with E-state index in [1.807, 2.05) is 6.07 Å². The zero-order chi connectivity index (χ0) is 16.1. The van der Waals surface area contributed by atoms with Crippen LogP contribution in [0.4, 0.5) is 5.82 Å². The van der Waals surface area contributed by atoms with E-state index < -0.39 is 5.60 Å². The largest absolute Gasteiger partial charge is 0.388 e. The molecule has 5 nitrogen and oxygen atoms in total. The van der Waals surface area contributed by atoms with E-state index in [2.05, 4.69) is 15.2 Å². The van der Waals surface area contributed by atoms with Crippen LogP contribution < -0.4 is 10.2 Å². The smallest absolute Gasteiger partial charge is 0.255 e. The van der Waals surface area contributed by atoms with E-state index in [4.69, 9.17) is 0 Å². The molecule has 0 aromatic carbocycles. The van der Waals surface area contributed by atoms with Crippen LogP contribution in [0.3, 0.4) is 0 Å². The van der Waals surface area contributed by atoms with Crippen LogP contribution in [0.5, 0.6) is 0 Å². The number of aromatic nitrogens is 1. The molecule has 0 bridgehead atoms.